The van der Waals surface area contributed by atoms with E-state index in [1.165, 1.54) is 0 Å². The molecule has 3 aromatic rings. The summed E-state index contributed by atoms with van der Waals surface area (Å²) in [7, 11) is 0. The van der Waals surface area contributed by atoms with E-state index < -0.39 is 0 Å². The molecule has 3 aromatic carbocycles. The van der Waals surface area contributed by atoms with E-state index >= 15 is 0 Å². The summed E-state index contributed by atoms with van der Waals surface area (Å²) in [4.78, 5) is 26.8. The smallest absolute Gasteiger partial charge is 0.229 e. The minimum absolute atomic E-state index is 0.0228. The Kier molecular flexibility index (Phi) is 5.80. The highest BCUT2D eigenvalue weighted by Crippen LogP contribution is 2.27. The minimum Gasteiger partial charge on any atom is -0.489 e. The van der Waals surface area contributed by atoms with Crippen LogP contribution in [-0.4, -0.2) is 18.4 Å². The first-order chi connectivity index (χ1) is 14.6. The number of amides is 2. The van der Waals surface area contributed by atoms with Gasteiger partial charge < -0.3 is 15.0 Å². The molecule has 4 rings (SSSR count). The molecule has 1 unspecified atom stereocenters. The molecule has 1 atom stereocenters. The van der Waals surface area contributed by atoms with Gasteiger partial charge >= 0.3 is 0 Å². The highest BCUT2D eigenvalue weighted by atomic mass is 16.5. The van der Waals surface area contributed by atoms with E-state index in [1.807, 2.05) is 85.8 Å². The quantitative estimate of drug-likeness (QED) is 0.660. The van der Waals surface area contributed by atoms with Crippen LogP contribution in [0.2, 0.25) is 0 Å². The lowest BCUT2D eigenvalue weighted by molar-refractivity contribution is -0.122. The van der Waals surface area contributed by atoms with Crippen LogP contribution >= 0.6 is 0 Å². The Morgan fingerprint density at radius 3 is 2.53 bits per heavy atom. The minimum atomic E-state index is -0.369. The van der Waals surface area contributed by atoms with Gasteiger partial charge in [-0.3, -0.25) is 9.59 Å². The highest BCUT2D eigenvalue weighted by Gasteiger charge is 2.35. The Balaban J connectivity index is 1.33. The van der Waals surface area contributed by atoms with Gasteiger partial charge in [-0.2, -0.15) is 0 Å². The van der Waals surface area contributed by atoms with Gasteiger partial charge in [0.2, 0.25) is 11.8 Å². The molecule has 1 fully saturated rings. The maximum Gasteiger partial charge on any atom is 0.229 e. The van der Waals surface area contributed by atoms with Crippen LogP contribution in [0.3, 0.4) is 0 Å². The molecule has 0 spiro atoms. The van der Waals surface area contributed by atoms with Crippen LogP contribution in [0.25, 0.3) is 0 Å². The van der Waals surface area contributed by atoms with Crippen molar-refractivity contribution in [3.63, 3.8) is 0 Å². The zero-order chi connectivity index (χ0) is 20.9. The molecule has 5 heteroatoms. The summed E-state index contributed by atoms with van der Waals surface area (Å²) in [5.74, 6) is 0.201. The molecule has 152 valence electrons. The van der Waals surface area contributed by atoms with Gasteiger partial charge in [-0.1, -0.05) is 42.5 Å². The van der Waals surface area contributed by atoms with E-state index in [0.29, 0.717) is 18.8 Å². The second-order valence-corrected chi connectivity index (χ2v) is 7.53. The van der Waals surface area contributed by atoms with Gasteiger partial charge in [-0.25, -0.2) is 0 Å². The topological polar surface area (TPSA) is 58.6 Å². The van der Waals surface area contributed by atoms with Gasteiger partial charge in [0.15, 0.2) is 0 Å². The molecule has 30 heavy (non-hydrogen) atoms. The van der Waals surface area contributed by atoms with Crippen LogP contribution in [0.1, 0.15) is 17.5 Å². The number of rotatable bonds is 6. The van der Waals surface area contributed by atoms with Crippen LogP contribution in [0.5, 0.6) is 5.75 Å². The monoisotopic (exact) mass is 400 g/mol. The molecule has 1 N–H and O–H groups in total. The van der Waals surface area contributed by atoms with Crippen molar-refractivity contribution in [1.82, 2.24) is 0 Å². The number of benzene rings is 3. The molecule has 0 bridgehead atoms. The predicted molar refractivity (Wildman–Crippen MR) is 117 cm³/mol. The Hall–Kier alpha value is -3.60. The third-order valence-corrected chi connectivity index (χ3v) is 5.18. The average Bonchev–Trinajstić information content (AvgIpc) is 3.16. The first-order valence-electron chi connectivity index (χ1n) is 10.0. The van der Waals surface area contributed by atoms with E-state index in [4.69, 9.17) is 4.74 Å². The molecular formula is C25H24N2O3. The number of hydrogen-bond acceptors (Lipinski definition) is 3. The van der Waals surface area contributed by atoms with Gasteiger partial charge in [-0.05, 0) is 54.4 Å². The van der Waals surface area contributed by atoms with E-state index in [9.17, 15) is 9.59 Å². The molecule has 1 aliphatic rings. The van der Waals surface area contributed by atoms with Crippen molar-refractivity contribution in [3.05, 3.63) is 90.0 Å². The fourth-order valence-electron chi connectivity index (χ4n) is 3.55. The lowest BCUT2D eigenvalue weighted by Crippen LogP contribution is -2.28. The zero-order valence-electron chi connectivity index (χ0n) is 16.9. The molecule has 0 aromatic heterocycles. The normalized spacial score (nSPS) is 15.8. The van der Waals surface area contributed by atoms with Crippen molar-refractivity contribution in [1.29, 1.82) is 0 Å². The Morgan fingerprint density at radius 1 is 1.03 bits per heavy atom. The van der Waals surface area contributed by atoms with Crippen LogP contribution in [0, 0.1) is 12.8 Å². The average molecular weight is 400 g/mol. The Bertz CT molecular complexity index is 1030. The fraction of sp³-hybridized carbons (Fsp3) is 0.200. The molecule has 0 radical (unpaired) electrons. The van der Waals surface area contributed by atoms with Gasteiger partial charge in [0, 0.05) is 24.3 Å². The lowest BCUT2D eigenvalue weighted by atomic mass is 10.1. The summed E-state index contributed by atoms with van der Waals surface area (Å²) in [6.45, 7) is 2.87. The number of nitrogens with zero attached hydrogens (tertiary/aromatic N) is 1. The summed E-state index contributed by atoms with van der Waals surface area (Å²) in [6, 6.07) is 25.0. The molecule has 1 heterocycles. The summed E-state index contributed by atoms with van der Waals surface area (Å²) in [5, 5.41) is 2.92. The number of hydrogen-bond donors (Lipinski definition) is 1. The number of nitrogens with one attached hydrogen (secondary N) is 1. The van der Waals surface area contributed by atoms with Crippen molar-refractivity contribution in [2.75, 3.05) is 16.8 Å². The largest absolute Gasteiger partial charge is 0.489 e. The standard InChI is InChI=1S/C25H24N2O3/c1-18-6-5-9-22(14-18)27-16-20(15-24(27)28)25(29)26-21-10-12-23(13-11-21)30-17-19-7-3-2-4-8-19/h2-14,20H,15-17H2,1H3,(H,26,29). The Labute approximate surface area is 176 Å². The summed E-state index contributed by atoms with van der Waals surface area (Å²) >= 11 is 0. The number of carbonyl (C=O) groups is 2. The molecule has 0 saturated carbocycles. The first-order valence-corrected chi connectivity index (χ1v) is 10.0. The van der Waals surface area contributed by atoms with Crippen molar-refractivity contribution in [2.24, 2.45) is 5.92 Å². The number of anilines is 2. The maximum atomic E-state index is 12.7. The van der Waals surface area contributed by atoms with Crippen LogP contribution in [0.4, 0.5) is 11.4 Å². The van der Waals surface area contributed by atoms with Crippen LogP contribution < -0.4 is 15.0 Å². The predicted octanol–water partition coefficient (Wildman–Crippen LogP) is 4.57. The van der Waals surface area contributed by atoms with Crippen LogP contribution in [0.15, 0.2) is 78.9 Å². The van der Waals surface area contributed by atoms with Gasteiger partial charge in [0.25, 0.3) is 0 Å². The third kappa shape index (κ3) is 4.69. The Morgan fingerprint density at radius 2 is 1.80 bits per heavy atom. The van der Waals surface area contributed by atoms with Gasteiger partial charge in [0.05, 0.1) is 5.92 Å². The van der Waals surface area contributed by atoms with E-state index in [-0.39, 0.29) is 24.2 Å². The van der Waals surface area contributed by atoms with Crippen molar-refractivity contribution < 1.29 is 14.3 Å². The zero-order valence-corrected chi connectivity index (χ0v) is 16.9. The molecule has 5 nitrogen and oxygen atoms in total. The van der Waals surface area contributed by atoms with Crippen molar-refractivity contribution >= 4 is 23.2 Å². The summed E-state index contributed by atoms with van der Waals surface area (Å²) < 4.78 is 5.77. The molecule has 1 saturated heterocycles. The van der Waals surface area contributed by atoms with E-state index in [2.05, 4.69) is 5.32 Å². The molecule has 0 aliphatic carbocycles. The van der Waals surface area contributed by atoms with Crippen molar-refractivity contribution in [2.45, 2.75) is 20.0 Å². The second-order valence-electron chi connectivity index (χ2n) is 7.53. The fourth-order valence-corrected chi connectivity index (χ4v) is 3.55. The van der Waals surface area contributed by atoms with Gasteiger partial charge in [0.1, 0.15) is 12.4 Å². The first kappa shape index (κ1) is 19.7. The molecule has 1 aliphatic heterocycles. The van der Waals surface area contributed by atoms with E-state index in [0.717, 1.165) is 22.6 Å². The lowest BCUT2D eigenvalue weighted by Gasteiger charge is -2.17. The highest BCUT2D eigenvalue weighted by molar-refractivity contribution is 6.03. The van der Waals surface area contributed by atoms with Crippen LogP contribution in [-0.2, 0) is 16.2 Å². The number of ether oxygens (including phenoxy) is 1. The number of aryl methyl sites for hydroxylation is 1. The second kappa shape index (κ2) is 8.82. The summed E-state index contributed by atoms with van der Waals surface area (Å²) in [6.07, 6.45) is 0.220. The number of carbonyl (C=O) groups excluding carboxylic acids is 2. The molecule has 2 amide bonds. The van der Waals surface area contributed by atoms with Crippen molar-refractivity contribution in [3.8, 4) is 5.75 Å². The van der Waals surface area contributed by atoms with Gasteiger partial charge in [-0.15, -0.1) is 0 Å². The van der Waals surface area contributed by atoms with E-state index in [1.54, 1.807) is 4.90 Å². The third-order valence-electron chi connectivity index (χ3n) is 5.18. The maximum absolute atomic E-state index is 12.7. The SMILES string of the molecule is Cc1cccc(N2CC(C(=O)Nc3ccc(OCc4ccccc4)cc3)CC2=O)c1. The molecular weight excluding hydrogens is 376 g/mol. The summed E-state index contributed by atoms with van der Waals surface area (Å²) in [5.41, 5.74) is 3.71.